The van der Waals surface area contributed by atoms with Crippen LogP contribution in [0.2, 0.25) is 0 Å². The normalized spacial score (nSPS) is 16.1. The van der Waals surface area contributed by atoms with Crippen LogP contribution in [0.15, 0.2) is 30.5 Å². The van der Waals surface area contributed by atoms with Gasteiger partial charge in [0, 0.05) is 12.6 Å². The van der Waals surface area contributed by atoms with Crippen LogP contribution in [-0.2, 0) is 6.54 Å². The van der Waals surface area contributed by atoms with Crippen LogP contribution in [0.3, 0.4) is 0 Å². The lowest BCUT2D eigenvalue weighted by atomic mass is 10.2. The third kappa shape index (κ3) is 3.90. The molecule has 1 aliphatic rings. The van der Waals surface area contributed by atoms with Gasteiger partial charge in [-0.3, -0.25) is 4.79 Å². The van der Waals surface area contributed by atoms with Crippen LogP contribution in [0.5, 0.6) is 11.5 Å². The van der Waals surface area contributed by atoms with Gasteiger partial charge in [-0.05, 0) is 26.0 Å². The van der Waals surface area contributed by atoms with Crippen LogP contribution in [0.1, 0.15) is 24.3 Å². The van der Waals surface area contributed by atoms with E-state index in [1.165, 1.54) is 0 Å². The number of fused-ring (bicyclic) bond motifs is 1. The number of hydrogen-bond acceptors (Lipinski definition) is 6. The fourth-order valence-corrected chi connectivity index (χ4v) is 2.70. The molecule has 0 saturated heterocycles. The summed E-state index contributed by atoms with van der Waals surface area (Å²) in [5.41, 5.74) is 0.249. The SMILES string of the molecule is CC(C)N(CCO)C(=O)c1cn(C[C@@H]2COc3ccccc3O2)nn1. The number of carbonyl (C=O) groups is 1. The van der Waals surface area contributed by atoms with Crippen molar-refractivity contribution in [3.63, 3.8) is 0 Å². The molecule has 8 nitrogen and oxygen atoms in total. The topological polar surface area (TPSA) is 89.7 Å². The second-order valence-corrected chi connectivity index (χ2v) is 6.14. The summed E-state index contributed by atoms with van der Waals surface area (Å²) in [4.78, 5) is 14.0. The van der Waals surface area contributed by atoms with E-state index in [4.69, 9.17) is 14.6 Å². The molecular formula is C17H22N4O4. The maximum Gasteiger partial charge on any atom is 0.276 e. The van der Waals surface area contributed by atoms with Gasteiger partial charge < -0.3 is 19.5 Å². The van der Waals surface area contributed by atoms with E-state index in [-0.39, 0.29) is 36.9 Å². The van der Waals surface area contributed by atoms with Crippen LogP contribution in [-0.4, -0.2) is 62.8 Å². The third-order valence-corrected chi connectivity index (χ3v) is 3.94. The second kappa shape index (κ2) is 7.52. The standard InChI is InChI=1S/C17H22N4O4/c1-12(2)21(7-8-22)17(23)14-10-20(19-18-14)9-13-11-24-15-5-3-4-6-16(15)25-13/h3-6,10,12-13,22H,7-9,11H2,1-2H3/t13-/m1/s1. The Kier molecular flexibility index (Phi) is 5.18. The maximum absolute atomic E-state index is 12.5. The average molecular weight is 346 g/mol. The summed E-state index contributed by atoms with van der Waals surface area (Å²) in [7, 11) is 0. The molecule has 1 atom stereocenters. The maximum atomic E-state index is 12.5. The summed E-state index contributed by atoms with van der Waals surface area (Å²) >= 11 is 0. The van der Waals surface area contributed by atoms with E-state index in [2.05, 4.69) is 10.3 Å². The molecular weight excluding hydrogens is 324 g/mol. The lowest BCUT2D eigenvalue weighted by molar-refractivity contribution is 0.0658. The minimum absolute atomic E-state index is 0.0311. The number of aliphatic hydroxyl groups excluding tert-OH is 1. The smallest absolute Gasteiger partial charge is 0.276 e. The summed E-state index contributed by atoms with van der Waals surface area (Å²) in [5, 5.41) is 17.1. The molecule has 1 aromatic heterocycles. The quantitative estimate of drug-likeness (QED) is 0.838. The average Bonchev–Trinajstić information content (AvgIpc) is 3.07. The highest BCUT2D eigenvalue weighted by molar-refractivity contribution is 5.92. The predicted octanol–water partition coefficient (Wildman–Crippen LogP) is 0.961. The first-order chi connectivity index (χ1) is 12.1. The number of carbonyl (C=O) groups excluding carboxylic acids is 1. The molecule has 1 amide bonds. The van der Waals surface area contributed by atoms with E-state index in [0.29, 0.717) is 18.9 Å². The molecule has 2 aromatic rings. The Morgan fingerprint density at radius 2 is 2.16 bits per heavy atom. The van der Waals surface area contributed by atoms with E-state index in [0.717, 1.165) is 5.75 Å². The molecule has 0 spiro atoms. The van der Waals surface area contributed by atoms with E-state index >= 15 is 0 Å². The lowest BCUT2D eigenvalue weighted by Gasteiger charge is -2.26. The van der Waals surface area contributed by atoms with Crippen molar-refractivity contribution in [2.75, 3.05) is 19.8 Å². The molecule has 0 unspecified atom stereocenters. The highest BCUT2D eigenvalue weighted by Gasteiger charge is 2.24. The molecule has 25 heavy (non-hydrogen) atoms. The first-order valence-corrected chi connectivity index (χ1v) is 8.29. The first-order valence-electron chi connectivity index (χ1n) is 8.29. The number of aliphatic hydroxyl groups is 1. The van der Waals surface area contributed by atoms with Crippen LogP contribution < -0.4 is 9.47 Å². The minimum Gasteiger partial charge on any atom is -0.486 e. The van der Waals surface area contributed by atoms with Crippen molar-refractivity contribution in [2.45, 2.75) is 32.5 Å². The summed E-state index contributed by atoms with van der Waals surface area (Å²) in [6, 6.07) is 7.46. The molecule has 2 heterocycles. The number of para-hydroxylation sites is 2. The first kappa shape index (κ1) is 17.2. The molecule has 0 bridgehead atoms. The number of rotatable bonds is 6. The molecule has 1 aliphatic heterocycles. The highest BCUT2D eigenvalue weighted by atomic mass is 16.6. The van der Waals surface area contributed by atoms with Crippen LogP contribution in [0.25, 0.3) is 0 Å². The van der Waals surface area contributed by atoms with Gasteiger partial charge in [-0.1, -0.05) is 17.3 Å². The largest absolute Gasteiger partial charge is 0.486 e. The van der Waals surface area contributed by atoms with Crippen LogP contribution >= 0.6 is 0 Å². The Labute approximate surface area is 146 Å². The van der Waals surface area contributed by atoms with E-state index < -0.39 is 0 Å². The van der Waals surface area contributed by atoms with Crippen molar-refractivity contribution < 1.29 is 19.4 Å². The third-order valence-electron chi connectivity index (χ3n) is 3.94. The van der Waals surface area contributed by atoms with Gasteiger partial charge in [0.2, 0.25) is 0 Å². The van der Waals surface area contributed by atoms with Gasteiger partial charge >= 0.3 is 0 Å². The number of aromatic nitrogens is 3. The monoisotopic (exact) mass is 346 g/mol. The number of benzene rings is 1. The van der Waals surface area contributed by atoms with Gasteiger partial charge in [0.25, 0.3) is 5.91 Å². The van der Waals surface area contributed by atoms with Gasteiger partial charge in [0.05, 0.1) is 19.3 Å². The molecule has 3 rings (SSSR count). The van der Waals surface area contributed by atoms with Gasteiger partial charge in [0.1, 0.15) is 6.61 Å². The van der Waals surface area contributed by atoms with Gasteiger partial charge in [-0.2, -0.15) is 0 Å². The summed E-state index contributed by atoms with van der Waals surface area (Å²) in [5.74, 6) is 1.18. The van der Waals surface area contributed by atoms with Crippen molar-refractivity contribution in [2.24, 2.45) is 0 Å². The van der Waals surface area contributed by atoms with Gasteiger partial charge in [-0.15, -0.1) is 5.10 Å². The summed E-state index contributed by atoms with van der Waals surface area (Å²) in [6.07, 6.45) is 1.39. The Hall–Kier alpha value is -2.61. The van der Waals surface area contributed by atoms with Crippen molar-refractivity contribution in [3.05, 3.63) is 36.2 Å². The minimum atomic E-state index is -0.249. The van der Waals surface area contributed by atoms with Gasteiger partial charge in [0.15, 0.2) is 23.3 Å². The fourth-order valence-electron chi connectivity index (χ4n) is 2.70. The molecule has 134 valence electrons. The fraction of sp³-hybridized carbons (Fsp3) is 0.471. The molecule has 0 fully saturated rings. The zero-order chi connectivity index (χ0) is 17.8. The van der Waals surface area contributed by atoms with Crippen LogP contribution in [0.4, 0.5) is 0 Å². The number of nitrogens with zero attached hydrogens (tertiary/aromatic N) is 4. The zero-order valence-electron chi connectivity index (χ0n) is 14.3. The zero-order valence-corrected chi connectivity index (χ0v) is 14.3. The number of hydrogen-bond donors (Lipinski definition) is 1. The molecule has 0 radical (unpaired) electrons. The van der Waals surface area contributed by atoms with Crippen molar-refractivity contribution in [3.8, 4) is 11.5 Å². The van der Waals surface area contributed by atoms with E-state index in [1.54, 1.807) is 15.8 Å². The van der Waals surface area contributed by atoms with E-state index in [1.807, 2.05) is 38.1 Å². The van der Waals surface area contributed by atoms with E-state index in [9.17, 15) is 4.79 Å². The number of amides is 1. The molecule has 1 aromatic carbocycles. The molecule has 1 N–H and O–H groups in total. The Balaban J connectivity index is 1.65. The summed E-state index contributed by atoms with van der Waals surface area (Å²) < 4.78 is 13.1. The Morgan fingerprint density at radius 3 is 2.88 bits per heavy atom. The highest BCUT2D eigenvalue weighted by Crippen LogP contribution is 2.31. The number of ether oxygens (including phenoxy) is 2. The molecule has 8 heteroatoms. The van der Waals surface area contributed by atoms with Gasteiger partial charge in [-0.25, -0.2) is 4.68 Å². The van der Waals surface area contributed by atoms with Crippen molar-refractivity contribution in [1.29, 1.82) is 0 Å². The molecule has 0 aliphatic carbocycles. The second-order valence-electron chi connectivity index (χ2n) is 6.14. The Bertz CT molecular complexity index is 731. The predicted molar refractivity (Wildman–Crippen MR) is 89.6 cm³/mol. The molecule has 0 saturated carbocycles. The van der Waals surface area contributed by atoms with Crippen molar-refractivity contribution in [1.82, 2.24) is 19.9 Å². The van der Waals surface area contributed by atoms with Crippen LogP contribution in [0, 0.1) is 0 Å². The van der Waals surface area contributed by atoms with Crippen molar-refractivity contribution >= 4 is 5.91 Å². The summed E-state index contributed by atoms with van der Waals surface area (Å²) in [6.45, 7) is 4.79. The lowest BCUT2D eigenvalue weighted by Crippen LogP contribution is -2.39. The Morgan fingerprint density at radius 1 is 1.40 bits per heavy atom.